The Kier molecular flexibility index (Phi) is 6.56. The first-order chi connectivity index (χ1) is 16.0. The zero-order chi connectivity index (χ0) is 23.2. The fourth-order valence-corrected chi connectivity index (χ4v) is 3.79. The molecule has 33 heavy (non-hydrogen) atoms. The van der Waals surface area contributed by atoms with E-state index in [1.165, 1.54) is 42.9 Å². The van der Waals surface area contributed by atoms with Crippen molar-refractivity contribution in [3.05, 3.63) is 107 Å². The summed E-state index contributed by atoms with van der Waals surface area (Å²) in [5, 5.41) is 14.0. The van der Waals surface area contributed by atoms with Crippen LogP contribution >= 0.6 is 11.8 Å². The van der Waals surface area contributed by atoms with Crippen LogP contribution in [0.5, 0.6) is 11.6 Å². The Morgan fingerprint density at radius 3 is 2.64 bits per heavy atom. The van der Waals surface area contributed by atoms with Gasteiger partial charge in [0.25, 0.3) is 11.6 Å². The van der Waals surface area contributed by atoms with Gasteiger partial charge >= 0.3 is 0 Å². The molecule has 0 radical (unpaired) electrons. The highest BCUT2D eigenvalue weighted by Gasteiger charge is 2.19. The molecule has 3 aromatic carbocycles. The molecule has 164 valence electrons. The number of nitro benzene ring substituents is 1. The van der Waals surface area contributed by atoms with Gasteiger partial charge in [-0.05, 0) is 30.3 Å². The van der Waals surface area contributed by atoms with E-state index in [4.69, 9.17) is 4.74 Å². The van der Waals surface area contributed by atoms with E-state index in [0.29, 0.717) is 21.2 Å². The van der Waals surface area contributed by atoms with Crippen molar-refractivity contribution in [3.63, 3.8) is 0 Å². The third-order valence-electron chi connectivity index (χ3n) is 4.33. The van der Waals surface area contributed by atoms with Crippen LogP contribution < -0.4 is 10.1 Å². The van der Waals surface area contributed by atoms with Gasteiger partial charge in [-0.2, -0.15) is 0 Å². The molecule has 0 atom stereocenters. The van der Waals surface area contributed by atoms with E-state index < -0.39 is 16.6 Å². The molecule has 0 spiro atoms. The Morgan fingerprint density at radius 2 is 1.88 bits per heavy atom. The van der Waals surface area contributed by atoms with Crippen molar-refractivity contribution < 1.29 is 18.8 Å². The summed E-state index contributed by atoms with van der Waals surface area (Å²) in [7, 11) is 0. The summed E-state index contributed by atoms with van der Waals surface area (Å²) in [6.45, 7) is 0. The molecule has 0 aliphatic carbocycles. The molecule has 1 N–H and O–H groups in total. The molecule has 0 aliphatic heterocycles. The van der Waals surface area contributed by atoms with Crippen LogP contribution in [-0.2, 0) is 0 Å². The van der Waals surface area contributed by atoms with Gasteiger partial charge in [0.1, 0.15) is 11.6 Å². The summed E-state index contributed by atoms with van der Waals surface area (Å²) in [4.78, 5) is 32.3. The number of amides is 1. The van der Waals surface area contributed by atoms with Gasteiger partial charge in [-0.25, -0.2) is 9.37 Å². The maximum absolute atomic E-state index is 14.1. The molecular weight excluding hydrogens is 447 g/mol. The molecule has 4 rings (SSSR count). The van der Waals surface area contributed by atoms with Crippen molar-refractivity contribution in [2.24, 2.45) is 0 Å². The summed E-state index contributed by atoms with van der Waals surface area (Å²) in [5.41, 5.74) is 0.185. The first-order valence-electron chi connectivity index (χ1n) is 9.56. The Balaban J connectivity index is 1.60. The number of rotatable bonds is 7. The summed E-state index contributed by atoms with van der Waals surface area (Å²) in [6, 6.07) is 16.5. The number of nitrogens with zero attached hydrogens (tertiary/aromatic N) is 3. The largest absolute Gasteiger partial charge is 0.437 e. The maximum Gasteiger partial charge on any atom is 0.270 e. The second kappa shape index (κ2) is 9.88. The monoisotopic (exact) mass is 462 g/mol. The average Bonchev–Trinajstić information content (AvgIpc) is 2.81. The number of carbonyl (C=O) groups excluding carboxylic acids is 1. The lowest BCUT2D eigenvalue weighted by Gasteiger charge is -2.11. The smallest absolute Gasteiger partial charge is 0.270 e. The average molecular weight is 462 g/mol. The minimum atomic E-state index is -0.594. The summed E-state index contributed by atoms with van der Waals surface area (Å²) in [6.07, 6.45) is 4.44. The number of nitro groups is 1. The van der Waals surface area contributed by atoms with Crippen molar-refractivity contribution in [1.29, 1.82) is 0 Å². The fraction of sp³-hybridized carbons (Fsp3) is 0. The first-order valence-corrected chi connectivity index (χ1v) is 10.4. The summed E-state index contributed by atoms with van der Waals surface area (Å²) < 4.78 is 19.7. The molecule has 0 saturated heterocycles. The van der Waals surface area contributed by atoms with Gasteiger partial charge in [0.15, 0.2) is 0 Å². The molecule has 0 aliphatic rings. The molecule has 1 heterocycles. The number of nitrogens with one attached hydrogen (secondary N) is 1. The van der Waals surface area contributed by atoms with E-state index in [1.54, 1.807) is 42.5 Å². The second-order valence-corrected chi connectivity index (χ2v) is 7.68. The topological polar surface area (TPSA) is 107 Å². The number of aromatic nitrogens is 2. The fourth-order valence-electron chi connectivity index (χ4n) is 2.84. The molecule has 0 saturated carbocycles. The van der Waals surface area contributed by atoms with E-state index in [9.17, 15) is 19.3 Å². The maximum atomic E-state index is 14.1. The highest BCUT2D eigenvalue weighted by molar-refractivity contribution is 7.99. The third-order valence-corrected chi connectivity index (χ3v) is 5.46. The molecule has 0 fully saturated rings. The first kappa shape index (κ1) is 21.9. The highest BCUT2D eigenvalue weighted by atomic mass is 32.2. The van der Waals surface area contributed by atoms with Crippen molar-refractivity contribution in [2.75, 3.05) is 5.32 Å². The van der Waals surface area contributed by atoms with E-state index in [-0.39, 0.29) is 17.1 Å². The SMILES string of the molecule is O=C(Nc1cccc(Oc2cnccn2)c1)c1cc([N+](=O)[O-])ccc1Sc1ccccc1F. The van der Waals surface area contributed by atoms with Crippen LogP contribution in [0, 0.1) is 15.9 Å². The highest BCUT2D eigenvalue weighted by Crippen LogP contribution is 2.34. The number of hydrogen-bond donors (Lipinski definition) is 1. The third kappa shape index (κ3) is 5.49. The van der Waals surface area contributed by atoms with Crippen LogP contribution in [0.1, 0.15) is 10.4 Å². The summed E-state index contributed by atoms with van der Waals surface area (Å²) in [5.74, 6) is -0.355. The quantitative estimate of drug-likeness (QED) is 0.276. The predicted molar refractivity (Wildman–Crippen MR) is 120 cm³/mol. The molecule has 1 amide bonds. The molecular formula is C23H15FN4O4S. The second-order valence-electron chi connectivity index (χ2n) is 6.60. The predicted octanol–water partition coefficient (Wildman–Crippen LogP) is 5.72. The van der Waals surface area contributed by atoms with Crippen molar-refractivity contribution in [2.45, 2.75) is 9.79 Å². The minimum absolute atomic E-state index is 0.0395. The van der Waals surface area contributed by atoms with E-state index in [0.717, 1.165) is 11.8 Å². The Labute approximate surface area is 191 Å². The summed E-state index contributed by atoms with van der Waals surface area (Å²) >= 11 is 1.01. The Hall–Kier alpha value is -4.31. The van der Waals surface area contributed by atoms with Gasteiger partial charge in [0, 0.05) is 46.1 Å². The Bertz CT molecular complexity index is 1320. The lowest BCUT2D eigenvalue weighted by atomic mass is 10.1. The number of non-ortho nitro benzene ring substituents is 1. The van der Waals surface area contributed by atoms with E-state index >= 15 is 0 Å². The zero-order valence-corrected chi connectivity index (χ0v) is 17.7. The number of carbonyl (C=O) groups is 1. The van der Waals surface area contributed by atoms with Crippen LogP contribution in [0.15, 0.2) is 95.1 Å². The Morgan fingerprint density at radius 1 is 1.03 bits per heavy atom. The lowest BCUT2D eigenvalue weighted by Crippen LogP contribution is -2.13. The molecule has 10 heteroatoms. The van der Waals surface area contributed by atoms with Crippen LogP contribution in [0.4, 0.5) is 15.8 Å². The normalized spacial score (nSPS) is 10.5. The van der Waals surface area contributed by atoms with Crippen LogP contribution in [0.3, 0.4) is 0 Å². The van der Waals surface area contributed by atoms with Crippen LogP contribution in [0.2, 0.25) is 0 Å². The van der Waals surface area contributed by atoms with Crippen molar-refractivity contribution >= 4 is 29.0 Å². The van der Waals surface area contributed by atoms with E-state index in [1.807, 2.05) is 0 Å². The molecule has 4 aromatic rings. The molecule has 0 unspecified atom stereocenters. The zero-order valence-electron chi connectivity index (χ0n) is 16.8. The van der Waals surface area contributed by atoms with Gasteiger partial charge < -0.3 is 10.1 Å². The number of benzene rings is 3. The van der Waals surface area contributed by atoms with Crippen molar-refractivity contribution in [3.8, 4) is 11.6 Å². The van der Waals surface area contributed by atoms with Gasteiger partial charge in [0.2, 0.25) is 5.88 Å². The van der Waals surface area contributed by atoms with Gasteiger partial charge in [-0.1, -0.05) is 30.0 Å². The standard InChI is InChI=1S/C23H15FN4O4S/c24-19-6-1-2-7-21(19)33-20-9-8-16(28(30)31)13-18(20)23(29)27-15-4-3-5-17(12-15)32-22-14-25-10-11-26-22/h1-14H,(H,27,29). The van der Waals surface area contributed by atoms with Crippen LogP contribution in [0.25, 0.3) is 0 Å². The molecule has 1 aromatic heterocycles. The molecule has 0 bridgehead atoms. The van der Waals surface area contributed by atoms with Crippen molar-refractivity contribution in [1.82, 2.24) is 9.97 Å². The van der Waals surface area contributed by atoms with Gasteiger partial charge in [0.05, 0.1) is 16.7 Å². The minimum Gasteiger partial charge on any atom is -0.437 e. The number of ether oxygens (including phenoxy) is 1. The number of halogens is 1. The van der Waals surface area contributed by atoms with E-state index in [2.05, 4.69) is 15.3 Å². The van der Waals surface area contributed by atoms with Crippen LogP contribution in [-0.4, -0.2) is 20.8 Å². The number of hydrogen-bond acceptors (Lipinski definition) is 7. The lowest BCUT2D eigenvalue weighted by molar-refractivity contribution is -0.384. The van der Waals surface area contributed by atoms with Gasteiger partial charge in [-0.3, -0.25) is 19.9 Å². The number of anilines is 1. The molecule has 8 nitrogen and oxygen atoms in total. The van der Waals surface area contributed by atoms with Gasteiger partial charge in [-0.15, -0.1) is 0 Å².